The maximum absolute atomic E-state index is 12.4. The number of hydrogen-bond acceptors (Lipinski definition) is 3. The molecule has 0 atom stereocenters. The lowest BCUT2D eigenvalue weighted by atomic mass is 10.1. The second-order valence-corrected chi connectivity index (χ2v) is 5.30. The van der Waals surface area contributed by atoms with Crippen molar-refractivity contribution in [1.82, 2.24) is 14.5 Å². The number of hydrogen-bond donors (Lipinski definition) is 0. The molecule has 20 heavy (non-hydrogen) atoms. The third-order valence-electron chi connectivity index (χ3n) is 3.66. The quantitative estimate of drug-likeness (QED) is 0.784. The number of pyridine rings is 1. The van der Waals surface area contributed by atoms with Crippen molar-refractivity contribution in [1.29, 1.82) is 0 Å². The van der Waals surface area contributed by atoms with E-state index in [2.05, 4.69) is 4.98 Å². The molecule has 2 heterocycles. The van der Waals surface area contributed by atoms with Gasteiger partial charge in [-0.05, 0) is 38.6 Å². The van der Waals surface area contributed by atoms with Crippen molar-refractivity contribution in [2.75, 3.05) is 13.6 Å². The number of carbonyl (C=O) groups excluding carboxylic acids is 1. The van der Waals surface area contributed by atoms with Gasteiger partial charge in [0.15, 0.2) is 5.78 Å². The van der Waals surface area contributed by atoms with Crippen LogP contribution in [0.5, 0.6) is 0 Å². The van der Waals surface area contributed by atoms with Gasteiger partial charge in [0.05, 0.1) is 6.54 Å². The third-order valence-corrected chi connectivity index (χ3v) is 3.66. The Labute approximate surface area is 120 Å². The van der Waals surface area contributed by atoms with Crippen LogP contribution in [0.25, 0.3) is 0 Å². The molecule has 2 rings (SSSR count). The second-order valence-electron chi connectivity index (χ2n) is 5.30. The van der Waals surface area contributed by atoms with Crippen molar-refractivity contribution in [2.24, 2.45) is 7.05 Å². The van der Waals surface area contributed by atoms with Crippen molar-refractivity contribution in [2.45, 2.75) is 20.4 Å². The van der Waals surface area contributed by atoms with Crippen molar-refractivity contribution < 1.29 is 4.79 Å². The van der Waals surface area contributed by atoms with Gasteiger partial charge in [-0.15, -0.1) is 0 Å². The average Bonchev–Trinajstić information content (AvgIpc) is 2.67. The van der Waals surface area contributed by atoms with Crippen LogP contribution in [0, 0.1) is 13.8 Å². The fraction of sp³-hybridized carbons (Fsp3) is 0.375. The molecule has 2 aromatic heterocycles. The molecule has 0 aliphatic rings. The summed E-state index contributed by atoms with van der Waals surface area (Å²) in [6.07, 6.45) is 3.59. The van der Waals surface area contributed by atoms with E-state index < -0.39 is 0 Å². The summed E-state index contributed by atoms with van der Waals surface area (Å²) in [4.78, 5) is 18.5. The van der Waals surface area contributed by atoms with Gasteiger partial charge in [0, 0.05) is 42.9 Å². The zero-order chi connectivity index (χ0) is 14.7. The van der Waals surface area contributed by atoms with E-state index in [1.165, 1.54) is 0 Å². The normalized spacial score (nSPS) is 11.1. The Kier molecular flexibility index (Phi) is 4.35. The van der Waals surface area contributed by atoms with Crippen LogP contribution in [0.4, 0.5) is 0 Å². The zero-order valence-electron chi connectivity index (χ0n) is 12.6. The minimum absolute atomic E-state index is 0.164. The first-order valence-electron chi connectivity index (χ1n) is 6.72. The van der Waals surface area contributed by atoms with E-state index in [0.29, 0.717) is 6.54 Å². The summed E-state index contributed by atoms with van der Waals surface area (Å²) in [5.41, 5.74) is 4.08. The van der Waals surface area contributed by atoms with Crippen molar-refractivity contribution in [3.63, 3.8) is 0 Å². The smallest absolute Gasteiger partial charge is 0.178 e. The number of nitrogens with zero attached hydrogens (tertiary/aromatic N) is 3. The first kappa shape index (κ1) is 14.5. The molecule has 0 amide bonds. The average molecular weight is 271 g/mol. The maximum Gasteiger partial charge on any atom is 0.178 e. The maximum atomic E-state index is 12.4. The monoisotopic (exact) mass is 271 g/mol. The molecule has 0 fully saturated rings. The molecule has 2 aromatic rings. The lowest BCUT2D eigenvalue weighted by Crippen LogP contribution is -2.26. The number of Topliss-reactive ketones (excluding diaryl/α,β-unsaturated/α-hetero) is 1. The van der Waals surface area contributed by atoms with Crippen molar-refractivity contribution >= 4 is 5.78 Å². The number of ketones is 1. The fourth-order valence-corrected chi connectivity index (χ4v) is 2.33. The van der Waals surface area contributed by atoms with Gasteiger partial charge in [-0.1, -0.05) is 6.07 Å². The Balaban J connectivity index is 2.02. The van der Waals surface area contributed by atoms with Gasteiger partial charge >= 0.3 is 0 Å². The summed E-state index contributed by atoms with van der Waals surface area (Å²) in [7, 11) is 3.94. The van der Waals surface area contributed by atoms with Crippen LogP contribution in [0.3, 0.4) is 0 Å². The number of aromatic nitrogens is 2. The molecule has 0 radical (unpaired) electrons. The van der Waals surface area contributed by atoms with Crippen LogP contribution >= 0.6 is 0 Å². The molecule has 4 heteroatoms. The Morgan fingerprint density at radius 2 is 2.15 bits per heavy atom. The van der Waals surface area contributed by atoms with Crippen molar-refractivity contribution in [3.8, 4) is 0 Å². The summed E-state index contributed by atoms with van der Waals surface area (Å²) in [6.45, 7) is 5.15. The molecule has 0 saturated carbocycles. The van der Waals surface area contributed by atoms with E-state index in [-0.39, 0.29) is 5.78 Å². The summed E-state index contributed by atoms with van der Waals surface area (Å²) in [5, 5.41) is 0. The van der Waals surface area contributed by atoms with Gasteiger partial charge in [0.2, 0.25) is 0 Å². The first-order valence-corrected chi connectivity index (χ1v) is 6.72. The predicted molar refractivity (Wildman–Crippen MR) is 79.8 cm³/mol. The lowest BCUT2D eigenvalue weighted by molar-refractivity contribution is 0.0942. The van der Waals surface area contributed by atoms with Gasteiger partial charge < -0.3 is 4.57 Å². The highest BCUT2D eigenvalue weighted by molar-refractivity contribution is 5.99. The molecule has 0 aromatic carbocycles. The van der Waals surface area contributed by atoms with Gasteiger partial charge in [0.25, 0.3) is 0 Å². The Bertz CT molecular complexity index is 602. The molecule has 0 N–H and O–H groups in total. The summed E-state index contributed by atoms with van der Waals surface area (Å²) >= 11 is 0. The highest BCUT2D eigenvalue weighted by atomic mass is 16.1. The molecule has 0 aliphatic heterocycles. The highest BCUT2D eigenvalue weighted by Crippen LogP contribution is 2.14. The molecule has 4 nitrogen and oxygen atoms in total. The van der Waals surface area contributed by atoms with E-state index in [0.717, 1.165) is 29.1 Å². The SMILES string of the molecule is Cc1cc(C(=O)CN(C)Cc2cccnc2)c(C)n1C. The van der Waals surface area contributed by atoms with Gasteiger partial charge in [-0.2, -0.15) is 0 Å². The Morgan fingerprint density at radius 3 is 2.70 bits per heavy atom. The van der Waals surface area contributed by atoms with E-state index in [1.807, 2.05) is 61.8 Å². The number of likely N-dealkylation sites (N-methyl/N-ethyl adjacent to an activating group) is 1. The molecular weight excluding hydrogens is 250 g/mol. The standard InChI is InChI=1S/C16H21N3O/c1-12-8-15(13(2)19(12)4)16(20)11-18(3)10-14-6-5-7-17-9-14/h5-9H,10-11H2,1-4H3. The fourth-order valence-electron chi connectivity index (χ4n) is 2.33. The topological polar surface area (TPSA) is 38.1 Å². The molecule has 0 saturated heterocycles. The summed E-state index contributed by atoms with van der Waals surface area (Å²) in [6, 6.07) is 5.90. The van der Waals surface area contributed by atoms with Crippen LogP contribution < -0.4 is 0 Å². The second kappa shape index (κ2) is 6.01. The van der Waals surface area contributed by atoms with E-state index in [4.69, 9.17) is 0 Å². The minimum Gasteiger partial charge on any atom is -0.351 e. The van der Waals surface area contributed by atoms with Crippen LogP contribution in [-0.4, -0.2) is 33.8 Å². The summed E-state index contributed by atoms with van der Waals surface area (Å²) < 4.78 is 2.05. The molecule has 0 spiro atoms. The minimum atomic E-state index is 0.164. The van der Waals surface area contributed by atoms with E-state index >= 15 is 0 Å². The van der Waals surface area contributed by atoms with E-state index in [9.17, 15) is 4.79 Å². The first-order chi connectivity index (χ1) is 9.49. The van der Waals surface area contributed by atoms with Crippen LogP contribution in [0.2, 0.25) is 0 Å². The largest absolute Gasteiger partial charge is 0.351 e. The number of rotatable bonds is 5. The Hall–Kier alpha value is -1.94. The van der Waals surface area contributed by atoms with Crippen molar-refractivity contribution in [3.05, 3.63) is 53.1 Å². The van der Waals surface area contributed by atoms with Crippen LogP contribution in [0.1, 0.15) is 27.3 Å². The van der Waals surface area contributed by atoms with Gasteiger partial charge in [-0.25, -0.2) is 0 Å². The lowest BCUT2D eigenvalue weighted by Gasteiger charge is -2.15. The molecular formula is C16H21N3O. The number of carbonyl (C=O) groups is 1. The molecule has 0 unspecified atom stereocenters. The van der Waals surface area contributed by atoms with Crippen LogP contribution in [-0.2, 0) is 13.6 Å². The van der Waals surface area contributed by atoms with Crippen LogP contribution in [0.15, 0.2) is 30.6 Å². The molecule has 0 aliphatic carbocycles. The third kappa shape index (κ3) is 3.14. The highest BCUT2D eigenvalue weighted by Gasteiger charge is 2.15. The Morgan fingerprint density at radius 1 is 1.40 bits per heavy atom. The zero-order valence-corrected chi connectivity index (χ0v) is 12.6. The summed E-state index contributed by atoms with van der Waals surface area (Å²) in [5.74, 6) is 0.164. The van der Waals surface area contributed by atoms with E-state index in [1.54, 1.807) is 6.20 Å². The predicted octanol–water partition coefficient (Wildman–Crippen LogP) is 2.35. The number of aryl methyl sites for hydroxylation is 1. The molecule has 0 bridgehead atoms. The molecule has 106 valence electrons. The van der Waals surface area contributed by atoms with Gasteiger partial charge in [-0.3, -0.25) is 14.7 Å². The van der Waals surface area contributed by atoms with Gasteiger partial charge in [0.1, 0.15) is 0 Å².